The molecule has 0 spiro atoms. The summed E-state index contributed by atoms with van der Waals surface area (Å²) in [6.45, 7) is 5.75. The Morgan fingerprint density at radius 2 is 1.87 bits per heavy atom. The molecular formula is C17H19BrN4O. The zero-order valence-electron chi connectivity index (χ0n) is 13.0. The highest BCUT2D eigenvalue weighted by atomic mass is 79.9. The van der Waals surface area contributed by atoms with Crippen LogP contribution in [0.15, 0.2) is 34.9 Å². The van der Waals surface area contributed by atoms with Gasteiger partial charge in [0.05, 0.1) is 23.1 Å². The molecule has 0 radical (unpaired) electrons. The van der Waals surface area contributed by atoms with Crippen LogP contribution in [0.25, 0.3) is 5.69 Å². The predicted octanol–water partition coefficient (Wildman–Crippen LogP) is 2.23. The Labute approximate surface area is 143 Å². The minimum absolute atomic E-state index is 0.111. The zero-order chi connectivity index (χ0) is 16.0. The standard InChI is InChI=1S/C17H19BrN4O/c1-11-16(8-20-22(11)15-4-2-14(18)3-5-15)17(23)21-9-12-6-19-7-13(12)10-21/h2-5,8,12-13,19H,6-7,9-10H2,1H3/t12-,13+. The van der Waals surface area contributed by atoms with E-state index in [-0.39, 0.29) is 5.91 Å². The molecule has 0 bridgehead atoms. The van der Waals surface area contributed by atoms with E-state index in [2.05, 4.69) is 26.3 Å². The van der Waals surface area contributed by atoms with Crippen LogP contribution in [0.4, 0.5) is 0 Å². The van der Waals surface area contributed by atoms with E-state index in [0.717, 1.165) is 42.0 Å². The quantitative estimate of drug-likeness (QED) is 0.876. The highest BCUT2D eigenvalue weighted by Gasteiger charge is 2.38. The van der Waals surface area contributed by atoms with E-state index >= 15 is 0 Å². The number of benzene rings is 1. The summed E-state index contributed by atoms with van der Waals surface area (Å²) >= 11 is 3.44. The highest BCUT2D eigenvalue weighted by Crippen LogP contribution is 2.28. The van der Waals surface area contributed by atoms with Gasteiger partial charge in [-0.15, -0.1) is 0 Å². The fraction of sp³-hybridized carbons (Fsp3) is 0.412. The molecular weight excluding hydrogens is 356 g/mol. The zero-order valence-corrected chi connectivity index (χ0v) is 14.6. The van der Waals surface area contributed by atoms with E-state index in [1.54, 1.807) is 6.20 Å². The van der Waals surface area contributed by atoms with Gasteiger partial charge < -0.3 is 10.2 Å². The van der Waals surface area contributed by atoms with Crippen molar-refractivity contribution in [2.24, 2.45) is 11.8 Å². The van der Waals surface area contributed by atoms with E-state index in [1.807, 2.05) is 40.8 Å². The third kappa shape index (κ3) is 2.60. The lowest BCUT2D eigenvalue weighted by atomic mass is 10.0. The third-order valence-corrected chi connectivity index (χ3v) is 5.52. The minimum Gasteiger partial charge on any atom is -0.338 e. The van der Waals surface area contributed by atoms with Crippen LogP contribution in [0, 0.1) is 18.8 Å². The van der Waals surface area contributed by atoms with E-state index in [9.17, 15) is 4.79 Å². The van der Waals surface area contributed by atoms with Gasteiger partial charge in [-0.05, 0) is 43.0 Å². The van der Waals surface area contributed by atoms with Crippen molar-refractivity contribution in [3.05, 3.63) is 46.2 Å². The molecule has 2 aliphatic rings. The Hall–Kier alpha value is -1.66. The fourth-order valence-corrected chi connectivity index (χ4v) is 3.92. The van der Waals surface area contributed by atoms with Crippen molar-refractivity contribution < 1.29 is 4.79 Å². The second-order valence-electron chi connectivity index (χ2n) is 6.42. The minimum atomic E-state index is 0.111. The molecule has 0 aliphatic carbocycles. The predicted molar refractivity (Wildman–Crippen MR) is 91.8 cm³/mol. The fourth-order valence-electron chi connectivity index (χ4n) is 3.65. The molecule has 0 unspecified atom stereocenters. The van der Waals surface area contributed by atoms with Gasteiger partial charge in [0.25, 0.3) is 5.91 Å². The van der Waals surface area contributed by atoms with Crippen LogP contribution in [0.5, 0.6) is 0 Å². The van der Waals surface area contributed by atoms with Crippen molar-refractivity contribution in [1.29, 1.82) is 0 Å². The van der Waals surface area contributed by atoms with E-state index < -0.39 is 0 Å². The molecule has 6 heteroatoms. The Balaban J connectivity index is 1.58. The Kier molecular flexibility index (Phi) is 3.73. The molecule has 1 N–H and O–H groups in total. The largest absolute Gasteiger partial charge is 0.338 e. The van der Waals surface area contributed by atoms with Crippen molar-refractivity contribution >= 4 is 21.8 Å². The monoisotopic (exact) mass is 374 g/mol. The van der Waals surface area contributed by atoms with Gasteiger partial charge in [0.1, 0.15) is 0 Å². The molecule has 2 saturated heterocycles. The van der Waals surface area contributed by atoms with Crippen LogP contribution < -0.4 is 5.32 Å². The molecule has 5 nitrogen and oxygen atoms in total. The summed E-state index contributed by atoms with van der Waals surface area (Å²) in [7, 11) is 0. The van der Waals surface area contributed by atoms with Crippen molar-refractivity contribution in [3.63, 3.8) is 0 Å². The molecule has 3 heterocycles. The maximum atomic E-state index is 12.8. The number of hydrogen-bond acceptors (Lipinski definition) is 3. The molecule has 0 saturated carbocycles. The van der Waals surface area contributed by atoms with Gasteiger partial charge in [0.15, 0.2) is 0 Å². The van der Waals surface area contributed by atoms with Crippen molar-refractivity contribution in [2.75, 3.05) is 26.2 Å². The van der Waals surface area contributed by atoms with Crippen LogP contribution in [0.3, 0.4) is 0 Å². The maximum absolute atomic E-state index is 12.8. The molecule has 1 amide bonds. The summed E-state index contributed by atoms with van der Waals surface area (Å²) in [6, 6.07) is 7.94. The summed E-state index contributed by atoms with van der Waals surface area (Å²) in [5.74, 6) is 1.34. The first-order valence-corrected chi connectivity index (χ1v) is 8.73. The van der Waals surface area contributed by atoms with Gasteiger partial charge in [-0.25, -0.2) is 4.68 Å². The normalized spacial score (nSPS) is 23.3. The average molecular weight is 375 g/mol. The molecule has 2 aliphatic heterocycles. The summed E-state index contributed by atoms with van der Waals surface area (Å²) in [5, 5.41) is 7.83. The Bertz CT molecular complexity index is 728. The van der Waals surface area contributed by atoms with Crippen LogP contribution in [-0.4, -0.2) is 46.8 Å². The van der Waals surface area contributed by atoms with Crippen LogP contribution in [-0.2, 0) is 0 Å². The van der Waals surface area contributed by atoms with Gasteiger partial charge in [-0.3, -0.25) is 4.79 Å². The van der Waals surface area contributed by atoms with E-state index in [0.29, 0.717) is 17.4 Å². The lowest BCUT2D eigenvalue weighted by molar-refractivity contribution is 0.0781. The number of aromatic nitrogens is 2. The SMILES string of the molecule is Cc1c(C(=O)N2C[C@H]3CNC[C@H]3C2)cnn1-c1ccc(Br)cc1. The number of halogens is 1. The lowest BCUT2D eigenvalue weighted by Crippen LogP contribution is -2.32. The topological polar surface area (TPSA) is 50.2 Å². The summed E-state index contributed by atoms with van der Waals surface area (Å²) in [5.41, 5.74) is 2.57. The number of amides is 1. The highest BCUT2D eigenvalue weighted by molar-refractivity contribution is 9.10. The number of nitrogens with one attached hydrogen (secondary N) is 1. The third-order valence-electron chi connectivity index (χ3n) is 4.99. The van der Waals surface area contributed by atoms with Gasteiger partial charge in [0, 0.05) is 30.7 Å². The van der Waals surface area contributed by atoms with Crippen molar-refractivity contribution in [1.82, 2.24) is 20.0 Å². The molecule has 2 fully saturated rings. The van der Waals surface area contributed by atoms with Gasteiger partial charge in [0.2, 0.25) is 0 Å². The first kappa shape index (κ1) is 14.9. The van der Waals surface area contributed by atoms with Crippen LogP contribution in [0.2, 0.25) is 0 Å². The number of likely N-dealkylation sites (tertiary alicyclic amines) is 1. The summed E-state index contributed by atoms with van der Waals surface area (Å²) in [4.78, 5) is 14.8. The smallest absolute Gasteiger partial charge is 0.257 e. The second-order valence-corrected chi connectivity index (χ2v) is 7.34. The van der Waals surface area contributed by atoms with Crippen LogP contribution in [0.1, 0.15) is 16.1 Å². The van der Waals surface area contributed by atoms with Crippen LogP contribution >= 0.6 is 15.9 Å². The number of nitrogens with zero attached hydrogens (tertiary/aromatic N) is 3. The molecule has 2 aromatic rings. The van der Waals surface area contributed by atoms with Crippen molar-refractivity contribution in [3.8, 4) is 5.69 Å². The van der Waals surface area contributed by atoms with Gasteiger partial charge >= 0.3 is 0 Å². The summed E-state index contributed by atoms with van der Waals surface area (Å²) in [6.07, 6.45) is 1.70. The van der Waals surface area contributed by atoms with E-state index in [4.69, 9.17) is 0 Å². The van der Waals surface area contributed by atoms with Gasteiger partial charge in [-0.2, -0.15) is 5.10 Å². The molecule has 2 atom stereocenters. The number of rotatable bonds is 2. The van der Waals surface area contributed by atoms with Gasteiger partial charge in [-0.1, -0.05) is 15.9 Å². The maximum Gasteiger partial charge on any atom is 0.257 e. The second kappa shape index (κ2) is 5.76. The molecule has 120 valence electrons. The number of fused-ring (bicyclic) bond motifs is 1. The molecule has 1 aromatic heterocycles. The average Bonchev–Trinajstić information content (AvgIpc) is 3.22. The number of carbonyl (C=O) groups excluding carboxylic acids is 1. The molecule has 23 heavy (non-hydrogen) atoms. The van der Waals surface area contributed by atoms with Crippen molar-refractivity contribution in [2.45, 2.75) is 6.92 Å². The Morgan fingerprint density at radius 3 is 2.52 bits per heavy atom. The molecule has 4 rings (SSSR count). The number of carbonyl (C=O) groups is 1. The van der Waals surface area contributed by atoms with E-state index in [1.165, 1.54) is 0 Å². The number of hydrogen-bond donors (Lipinski definition) is 1. The molecule has 1 aromatic carbocycles. The summed E-state index contributed by atoms with van der Waals surface area (Å²) < 4.78 is 2.86. The Morgan fingerprint density at radius 1 is 1.22 bits per heavy atom. The first-order valence-electron chi connectivity index (χ1n) is 7.94. The first-order chi connectivity index (χ1) is 11.1. The lowest BCUT2D eigenvalue weighted by Gasteiger charge is -2.17.